The van der Waals surface area contributed by atoms with E-state index < -0.39 is 0 Å². The van der Waals surface area contributed by atoms with E-state index in [1.54, 1.807) is 11.2 Å². The molecule has 1 saturated heterocycles. The summed E-state index contributed by atoms with van der Waals surface area (Å²) in [5.74, 6) is 0.293. The highest BCUT2D eigenvalue weighted by atomic mass is 16.2. The fourth-order valence-corrected chi connectivity index (χ4v) is 2.92. The minimum atomic E-state index is 0.0655. The molecule has 102 valence electrons. The van der Waals surface area contributed by atoms with Crippen LogP contribution in [0.25, 0.3) is 0 Å². The summed E-state index contributed by atoms with van der Waals surface area (Å²) in [6, 6.07) is 0. The molecule has 1 unspecified atom stereocenters. The van der Waals surface area contributed by atoms with Crippen LogP contribution < -0.4 is 0 Å². The molecule has 0 radical (unpaired) electrons. The number of rotatable bonds is 2. The predicted octanol–water partition coefficient (Wildman–Crippen LogP) is -0.185. The second-order valence-corrected chi connectivity index (χ2v) is 5.23. The summed E-state index contributed by atoms with van der Waals surface area (Å²) in [6.07, 6.45) is 5.09. The lowest BCUT2D eigenvalue weighted by atomic mass is 9.88. The third-order valence-corrected chi connectivity index (χ3v) is 4.11. The fraction of sp³-hybridized carbons (Fsp3) is 0.615. The van der Waals surface area contributed by atoms with Crippen molar-refractivity contribution in [2.24, 2.45) is 5.92 Å². The lowest BCUT2D eigenvalue weighted by Gasteiger charge is -2.35. The second-order valence-electron chi connectivity index (χ2n) is 5.23. The largest absolute Gasteiger partial charge is 0.348 e. The van der Waals surface area contributed by atoms with Crippen LogP contribution in [-0.2, 0) is 22.4 Å². The van der Waals surface area contributed by atoms with E-state index in [1.807, 2.05) is 4.90 Å². The number of nitrogens with one attached hydrogen (secondary N) is 1. The van der Waals surface area contributed by atoms with Gasteiger partial charge in [-0.15, -0.1) is 0 Å². The summed E-state index contributed by atoms with van der Waals surface area (Å²) in [4.78, 5) is 34.1. The molecule has 1 aromatic heterocycles. The van der Waals surface area contributed by atoms with Crippen molar-refractivity contribution in [1.29, 1.82) is 0 Å². The first kappa shape index (κ1) is 12.2. The number of H-pyrrole nitrogens is 1. The Hall–Kier alpha value is -1.85. The number of aromatic amines is 1. The predicted molar refractivity (Wildman–Crippen MR) is 68.3 cm³/mol. The lowest BCUT2D eigenvalue weighted by Crippen LogP contribution is -2.50. The first-order chi connectivity index (χ1) is 9.28. The molecule has 3 rings (SSSR count). The van der Waals surface area contributed by atoms with Crippen molar-refractivity contribution in [1.82, 2.24) is 19.8 Å². The Kier molecular flexibility index (Phi) is 3.23. The Morgan fingerprint density at radius 2 is 2.16 bits per heavy atom. The monoisotopic (exact) mass is 262 g/mol. The zero-order chi connectivity index (χ0) is 13.2. The smallest absolute Gasteiger partial charge is 0.226 e. The van der Waals surface area contributed by atoms with Gasteiger partial charge < -0.3 is 14.8 Å². The lowest BCUT2D eigenvalue weighted by molar-refractivity contribution is -0.139. The van der Waals surface area contributed by atoms with Gasteiger partial charge in [-0.1, -0.05) is 0 Å². The minimum absolute atomic E-state index is 0.0655. The van der Waals surface area contributed by atoms with Crippen LogP contribution in [0.2, 0.25) is 0 Å². The quantitative estimate of drug-likeness (QED) is 0.751. The van der Waals surface area contributed by atoms with Crippen LogP contribution in [0.4, 0.5) is 0 Å². The maximum absolute atomic E-state index is 12.5. The number of piperazine rings is 1. The van der Waals surface area contributed by atoms with Gasteiger partial charge in [-0.25, -0.2) is 4.98 Å². The number of imidazole rings is 1. The van der Waals surface area contributed by atoms with Crippen molar-refractivity contribution in [3.63, 3.8) is 0 Å². The molecule has 19 heavy (non-hydrogen) atoms. The molecule has 1 aromatic rings. The van der Waals surface area contributed by atoms with Crippen molar-refractivity contribution in [2.75, 3.05) is 26.2 Å². The molecule has 0 bridgehead atoms. The Morgan fingerprint density at radius 3 is 2.89 bits per heavy atom. The number of amides is 2. The van der Waals surface area contributed by atoms with E-state index in [1.165, 1.54) is 0 Å². The van der Waals surface area contributed by atoms with E-state index in [2.05, 4.69) is 9.97 Å². The summed E-state index contributed by atoms with van der Waals surface area (Å²) in [5.41, 5.74) is 2.21. The van der Waals surface area contributed by atoms with Crippen LogP contribution >= 0.6 is 0 Å². The number of nitrogens with zero attached hydrogens (tertiary/aromatic N) is 3. The summed E-state index contributed by atoms with van der Waals surface area (Å²) < 4.78 is 0. The van der Waals surface area contributed by atoms with E-state index in [4.69, 9.17) is 0 Å². The van der Waals surface area contributed by atoms with Crippen LogP contribution in [0.15, 0.2) is 6.33 Å². The van der Waals surface area contributed by atoms with Crippen LogP contribution in [0.3, 0.4) is 0 Å². The van der Waals surface area contributed by atoms with Gasteiger partial charge in [0.15, 0.2) is 0 Å². The molecule has 6 nitrogen and oxygen atoms in total. The molecule has 1 fully saturated rings. The van der Waals surface area contributed by atoms with Crippen molar-refractivity contribution in [2.45, 2.75) is 19.3 Å². The molecule has 1 N–H and O–H groups in total. The number of carbonyl (C=O) groups excluding carboxylic acids is 2. The Morgan fingerprint density at radius 1 is 1.37 bits per heavy atom. The average molecular weight is 262 g/mol. The molecule has 1 aliphatic heterocycles. The maximum Gasteiger partial charge on any atom is 0.226 e. The van der Waals surface area contributed by atoms with E-state index in [0.29, 0.717) is 26.2 Å². The van der Waals surface area contributed by atoms with Gasteiger partial charge >= 0.3 is 0 Å². The van der Waals surface area contributed by atoms with E-state index in [0.717, 1.165) is 37.1 Å². The number of hydrogen-bond donors (Lipinski definition) is 1. The summed E-state index contributed by atoms with van der Waals surface area (Å²) in [6.45, 7) is 2.61. The van der Waals surface area contributed by atoms with Gasteiger partial charge in [0.2, 0.25) is 12.3 Å². The standard InChI is InChI=1S/C13H18N4O2/c18-9-16-3-5-17(6-4-16)13(19)10-1-2-11-12(7-10)15-8-14-11/h8-10H,1-7H2,(H,14,15). The van der Waals surface area contributed by atoms with Gasteiger partial charge in [-0.3, -0.25) is 9.59 Å². The summed E-state index contributed by atoms with van der Waals surface area (Å²) in [7, 11) is 0. The Labute approximate surface area is 111 Å². The zero-order valence-corrected chi connectivity index (χ0v) is 10.8. The van der Waals surface area contributed by atoms with Gasteiger partial charge in [0.1, 0.15) is 0 Å². The SMILES string of the molecule is O=CN1CCN(C(=O)C2CCc3nc[nH]c3C2)CC1. The number of aryl methyl sites for hydroxylation is 1. The van der Waals surface area contributed by atoms with E-state index in [-0.39, 0.29) is 11.8 Å². The molecular weight excluding hydrogens is 244 g/mol. The average Bonchev–Trinajstić information content (AvgIpc) is 2.94. The maximum atomic E-state index is 12.5. The molecule has 0 spiro atoms. The van der Waals surface area contributed by atoms with Crippen LogP contribution in [0.1, 0.15) is 17.8 Å². The highest BCUT2D eigenvalue weighted by Crippen LogP contribution is 2.24. The molecule has 2 amide bonds. The fourth-order valence-electron chi connectivity index (χ4n) is 2.92. The molecule has 6 heteroatoms. The first-order valence-corrected chi connectivity index (χ1v) is 6.77. The van der Waals surface area contributed by atoms with Crippen molar-refractivity contribution >= 4 is 12.3 Å². The summed E-state index contributed by atoms with van der Waals surface area (Å²) in [5, 5.41) is 0. The normalized spacial score (nSPS) is 23.1. The van der Waals surface area contributed by atoms with Gasteiger partial charge in [0.25, 0.3) is 0 Å². The first-order valence-electron chi connectivity index (χ1n) is 6.77. The molecule has 0 saturated carbocycles. The van der Waals surface area contributed by atoms with Gasteiger partial charge in [-0.2, -0.15) is 0 Å². The zero-order valence-electron chi connectivity index (χ0n) is 10.8. The number of carbonyl (C=O) groups is 2. The third-order valence-electron chi connectivity index (χ3n) is 4.11. The van der Waals surface area contributed by atoms with E-state index in [9.17, 15) is 9.59 Å². The Balaban J connectivity index is 1.61. The molecular formula is C13H18N4O2. The van der Waals surface area contributed by atoms with Crippen LogP contribution in [-0.4, -0.2) is 58.3 Å². The highest BCUT2D eigenvalue weighted by molar-refractivity contribution is 5.79. The second kappa shape index (κ2) is 5.03. The molecule has 2 aliphatic rings. The van der Waals surface area contributed by atoms with E-state index >= 15 is 0 Å². The molecule has 2 heterocycles. The number of aromatic nitrogens is 2. The van der Waals surface area contributed by atoms with Gasteiger partial charge in [0, 0.05) is 44.2 Å². The topological polar surface area (TPSA) is 69.3 Å². The van der Waals surface area contributed by atoms with Gasteiger partial charge in [-0.05, 0) is 12.8 Å². The van der Waals surface area contributed by atoms with Gasteiger partial charge in [0.05, 0.1) is 12.0 Å². The molecule has 1 aliphatic carbocycles. The minimum Gasteiger partial charge on any atom is -0.348 e. The molecule has 1 atom stereocenters. The number of fused-ring (bicyclic) bond motifs is 1. The van der Waals surface area contributed by atoms with Crippen molar-refractivity contribution in [3.8, 4) is 0 Å². The highest BCUT2D eigenvalue weighted by Gasteiger charge is 2.30. The number of hydrogen-bond acceptors (Lipinski definition) is 3. The molecule has 0 aromatic carbocycles. The Bertz CT molecular complexity index is 477. The van der Waals surface area contributed by atoms with Crippen molar-refractivity contribution in [3.05, 3.63) is 17.7 Å². The van der Waals surface area contributed by atoms with Crippen molar-refractivity contribution < 1.29 is 9.59 Å². The summed E-state index contributed by atoms with van der Waals surface area (Å²) >= 11 is 0. The van der Waals surface area contributed by atoms with Crippen LogP contribution in [0, 0.1) is 5.92 Å². The van der Waals surface area contributed by atoms with Crippen LogP contribution in [0.5, 0.6) is 0 Å². The third kappa shape index (κ3) is 2.34.